The minimum absolute atomic E-state index is 0.0677. The molecule has 2 aromatic carbocycles. The summed E-state index contributed by atoms with van der Waals surface area (Å²) in [5.41, 5.74) is 1.19. The van der Waals surface area contributed by atoms with Crippen LogP contribution in [0.2, 0.25) is 0 Å². The lowest BCUT2D eigenvalue weighted by molar-refractivity contribution is -0.0510. The number of halogens is 2. The van der Waals surface area contributed by atoms with Crippen molar-refractivity contribution in [1.82, 2.24) is 0 Å². The van der Waals surface area contributed by atoms with Crippen LogP contribution in [0.25, 0.3) is 0 Å². The number of alkyl halides is 2. The zero-order valence-corrected chi connectivity index (χ0v) is 15.6. The largest absolute Gasteiger partial charge is 0.465 e. The molecule has 158 valence electrons. The van der Waals surface area contributed by atoms with Crippen LogP contribution in [0.3, 0.4) is 0 Å². The summed E-state index contributed by atoms with van der Waals surface area (Å²) in [6, 6.07) is 10.5. The molecule has 2 aliphatic rings. The van der Waals surface area contributed by atoms with Crippen molar-refractivity contribution in [2.75, 3.05) is 18.5 Å². The predicted molar refractivity (Wildman–Crippen MR) is 102 cm³/mol. The topological polar surface area (TPSA) is 98.6 Å². The Morgan fingerprint density at radius 2 is 2.00 bits per heavy atom. The van der Waals surface area contributed by atoms with Gasteiger partial charge in [0.15, 0.2) is 17.1 Å². The van der Waals surface area contributed by atoms with Gasteiger partial charge in [-0.05, 0) is 42.5 Å². The van der Waals surface area contributed by atoms with E-state index in [-0.39, 0.29) is 11.5 Å². The van der Waals surface area contributed by atoms with Crippen LogP contribution in [0.1, 0.15) is 18.4 Å². The van der Waals surface area contributed by atoms with E-state index in [1.54, 1.807) is 12.1 Å². The van der Waals surface area contributed by atoms with E-state index >= 15 is 0 Å². The number of anilines is 1. The number of carboxylic acid groups (broad SMARTS) is 1. The highest BCUT2D eigenvalue weighted by atomic mass is 19.3. The molecule has 10 heteroatoms. The molecule has 1 unspecified atom stereocenters. The van der Waals surface area contributed by atoms with Crippen molar-refractivity contribution in [3.8, 4) is 17.2 Å². The van der Waals surface area contributed by atoms with Gasteiger partial charge in [-0.3, -0.25) is 5.32 Å². The zero-order valence-electron chi connectivity index (χ0n) is 15.6. The van der Waals surface area contributed by atoms with Crippen molar-refractivity contribution in [2.45, 2.75) is 25.1 Å². The Bertz CT molecular complexity index is 958. The second kappa shape index (κ2) is 8.15. The monoisotopic (exact) mass is 420 g/mol. The maximum atomic E-state index is 12.8. The van der Waals surface area contributed by atoms with Crippen molar-refractivity contribution < 1.29 is 37.7 Å². The van der Waals surface area contributed by atoms with Crippen LogP contribution in [0.4, 0.5) is 19.3 Å². The fraction of sp³-hybridized carbons (Fsp3) is 0.300. The number of hydrogen-bond acceptors (Lipinski definition) is 6. The van der Waals surface area contributed by atoms with Crippen LogP contribution < -0.4 is 14.8 Å². The molecule has 0 aliphatic carbocycles. The molecule has 1 saturated heterocycles. The van der Waals surface area contributed by atoms with E-state index in [0.29, 0.717) is 42.3 Å². The minimum atomic E-state index is -3.02. The fourth-order valence-electron chi connectivity index (χ4n) is 3.29. The van der Waals surface area contributed by atoms with Gasteiger partial charge in [0.05, 0.1) is 18.9 Å². The summed E-state index contributed by atoms with van der Waals surface area (Å²) < 4.78 is 41.3. The average Bonchev–Trinajstić information content (AvgIpc) is 3.34. The number of carbonyl (C=O) groups is 1. The molecule has 0 aromatic heterocycles. The molecule has 1 fully saturated rings. The number of nitrogens with zero attached hydrogens (tertiary/aromatic N) is 1. The Labute approximate surface area is 170 Å². The molecular formula is C20H18F2N2O6. The van der Waals surface area contributed by atoms with Crippen LogP contribution in [0.5, 0.6) is 17.2 Å². The lowest BCUT2D eigenvalue weighted by atomic mass is 9.93. The van der Waals surface area contributed by atoms with E-state index in [2.05, 4.69) is 15.2 Å². The number of benzene rings is 2. The normalized spacial score (nSPS) is 20.2. The molecule has 2 N–H and O–H groups in total. The van der Waals surface area contributed by atoms with Crippen molar-refractivity contribution in [3.05, 3.63) is 48.0 Å². The molecule has 0 bridgehead atoms. The average molecular weight is 420 g/mol. The first kappa shape index (κ1) is 19.9. The van der Waals surface area contributed by atoms with Crippen LogP contribution in [0.15, 0.2) is 47.6 Å². The zero-order chi connectivity index (χ0) is 21.1. The highest BCUT2D eigenvalue weighted by Gasteiger charge is 2.43. The Hall–Kier alpha value is -3.40. The molecule has 30 heavy (non-hydrogen) atoms. The maximum absolute atomic E-state index is 12.8. The van der Waals surface area contributed by atoms with Crippen LogP contribution in [-0.4, -0.2) is 42.3 Å². The van der Waals surface area contributed by atoms with Gasteiger partial charge in [-0.25, -0.2) is 4.79 Å². The van der Waals surface area contributed by atoms with Gasteiger partial charge in [-0.1, -0.05) is 5.16 Å². The van der Waals surface area contributed by atoms with Gasteiger partial charge >= 0.3 is 12.7 Å². The molecule has 8 nitrogen and oxygen atoms in total. The highest BCUT2D eigenvalue weighted by molar-refractivity contribution is 6.02. The molecule has 2 aliphatic heterocycles. The number of nitrogens with one attached hydrogen (secondary N) is 1. The first-order valence-corrected chi connectivity index (χ1v) is 9.12. The Morgan fingerprint density at radius 1 is 1.20 bits per heavy atom. The molecule has 0 saturated carbocycles. The standard InChI is InChI=1S/C20H18F2N2O6/c21-18(22)29-16-6-1-12(15-10-20(30-24-15)7-8-27-11-20)9-17(16)28-14-4-2-13(3-5-14)23-19(25)26/h1-6,9,18,23H,7-8,10-11H2,(H,25,26). The minimum Gasteiger partial charge on any atom is -0.465 e. The van der Waals surface area contributed by atoms with E-state index in [9.17, 15) is 13.6 Å². The lowest BCUT2D eigenvalue weighted by Crippen LogP contribution is -2.29. The third-order valence-corrected chi connectivity index (χ3v) is 4.73. The van der Waals surface area contributed by atoms with Gasteiger partial charge in [0.2, 0.25) is 0 Å². The second-order valence-corrected chi connectivity index (χ2v) is 6.89. The summed E-state index contributed by atoms with van der Waals surface area (Å²) in [6.45, 7) is -1.97. The molecule has 2 aromatic rings. The van der Waals surface area contributed by atoms with Gasteiger partial charge in [-0.15, -0.1) is 0 Å². The summed E-state index contributed by atoms with van der Waals surface area (Å²) in [5, 5.41) is 15.1. The fourth-order valence-corrected chi connectivity index (χ4v) is 3.29. The summed E-state index contributed by atoms with van der Waals surface area (Å²) in [4.78, 5) is 16.3. The number of hydrogen-bond donors (Lipinski definition) is 2. The van der Waals surface area contributed by atoms with Crippen molar-refractivity contribution in [3.63, 3.8) is 0 Å². The summed E-state index contributed by atoms with van der Waals surface area (Å²) >= 11 is 0. The first-order chi connectivity index (χ1) is 14.4. The Balaban J connectivity index is 1.57. The van der Waals surface area contributed by atoms with Gasteiger partial charge in [0.25, 0.3) is 0 Å². The molecule has 0 radical (unpaired) electrons. The third-order valence-electron chi connectivity index (χ3n) is 4.73. The van der Waals surface area contributed by atoms with Crippen molar-refractivity contribution in [1.29, 1.82) is 0 Å². The smallest absolute Gasteiger partial charge is 0.409 e. The van der Waals surface area contributed by atoms with Crippen molar-refractivity contribution in [2.24, 2.45) is 5.16 Å². The van der Waals surface area contributed by atoms with E-state index in [1.807, 2.05) is 0 Å². The van der Waals surface area contributed by atoms with Gasteiger partial charge < -0.3 is 24.2 Å². The molecule has 1 amide bonds. The number of amides is 1. The predicted octanol–water partition coefficient (Wildman–Crippen LogP) is 4.45. The summed E-state index contributed by atoms with van der Waals surface area (Å²) in [7, 11) is 0. The molecule has 1 atom stereocenters. The highest BCUT2D eigenvalue weighted by Crippen LogP contribution is 2.38. The Morgan fingerprint density at radius 3 is 2.67 bits per heavy atom. The van der Waals surface area contributed by atoms with Gasteiger partial charge in [0, 0.05) is 24.1 Å². The number of ether oxygens (including phenoxy) is 3. The molecule has 1 spiro atoms. The van der Waals surface area contributed by atoms with Gasteiger partial charge in [-0.2, -0.15) is 8.78 Å². The quantitative estimate of drug-likeness (QED) is 0.716. The van der Waals surface area contributed by atoms with Crippen molar-refractivity contribution >= 4 is 17.5 Å². The second-order valence-electron chi connectivity index (χ2n) is 6.89. The van der Waals surface area contributed by atoms with E-state index in [0.717, 1.165) is 6.42 Å². The van der Waals surface area contributed by atoms with Crippen LogP contribution in [-0.2, 0) is 9.57 Å². The van der Waals surface area contributed by atoms with Crippen LogP contribution in [0, 0.1) is 0 Å². The SMILES string of the molecule is O=C(O)Nc1ccc(Oc2cc(C3=NOC4(CCOC4)C3)ccc2OC(F)F)cc1. The van der Waals surface area contributed by atoms with E-state index in [4.69, 9.17) is 19.4 Å². The van der Waals surface area contributed by atoms with Crippen LogP contribution >= 0.6 is 0 Å². The maximum Gasteiger partial charge on any atom is 0.409 e. The van der Waals surface area contributed by atoms with E-state index < -0.39 is 18.3 Å². The number of oxime groups is 1. The molecule has 2 heterocycles. The molecule has 4 rings (SSSR count). The summed E-state index contributed by atoms with van der Waals surface area (Å²) in [5.74, 6) is 0.241. The van der Waals surface area contributed by atoms with Gasteiger partial charge in [0.1, 0.15) is 5.75 Å². The molecular weight excluding hydrogens is 402 g/mol. The first-order valence-electron chi connectivity index (χ1n) is 9.12. The Kier molecular flexibility index (Phi) is 5.40. The van der Waals surface area contributed by atoms with E-state index in [1.165, 1.54) is 30.3 Å². The third kappa shape index (κ3) is 4.43. The summed E-state index contributed by atoms with van der Waals surface area (Å²) in [6.07, 6.45) is 0.0675. The number of rotatable bonds is 6. The lowest BCUT2D eigenvalue weighted by Gasteiger charge is -2.17.